The Bertz CT molecular complexity index is 992. The van der Waals surface area contributed by atoms with E-state index in [1.165, 1.54) is 37.8 Å². The third kappa shape index (κ3) is 2.81. The van der Waals surface area contributed by atoms with Gasteiger partial charge in [0, 0.05) is 18.2 Å². The molecule has 144 valence electrons. The predicted octanol–water partition coefficient (Wildman–Crippen LogP) is 4.84. The van der Waals surface area contributed by atoms with Gasteiger partial charge in [0.15, 0.2) is 5.76 Å². The number of nitrogens with zero attached hydrogens (tertiary/aromatic N) is 1. The highest BCUT2D eigenvalue weighted by atomic mass is 19.1. The molecule has 3 aliphatic rings. The maximum atomic E-state index is 14.0. The van der Waals surface area contributed by atoms with E-state index >= 15 is 0 Å². The fraction of sp³-hybridized carbons (Fsp3) is 0.348. The summed E-state index contributed by atoms with van der Waals surface area (Å²) in [6.45, 7) is 3.17. The summed E-state index contributed by atoms with van der Waals surface area (Å²) in [7, 11) is 0. The van der Waals surface area contributed by atoms with Crippen LogP contribution in [-0.4, -0.2) is 23.5 Å². The highest BCUT2D eigenvalue weighted by Crippen LogP contribution is 2.45. The summed E-state index contributed by atoms with van der Waals surface area (Å²) in [6, 6.07) is 8.82. The maximum absolute atomic E-state index is 14.0. The van der Waals surface area contributed by atoms with Crippen LogP contribution in [0.15, 0.2) is 36.1 Å². The van der Waals surface area contributed by atoms with Crippen molar-refractivity contribution in [3.8, 4) is 11.5 Å². The SMILES string of the molecule is Cc1cc2c(c3c1C(=O)/C(=C/c1ccccc1F)O3)CN(C1CCCC1)CO2. The standard InChI is InChI=1S/C23H22FNO3/c1-14-10-19-17(12-25(13-27-19)16-7-3-4-8-16)23-21(14)22(26)20(28-23)11-15-6-2-5-9-18(15)24/h2,5-6,9-11,16H,3-4,7-8,12-13H2,1H3/b20-11-. The Kier molecular flexibility index (Phi) is 4.20. The third-order valence-corrected chi connectivity index (χ3v) is 5.98. The summed E-state index contributed by atoms with van der Waals surface area (Å²) in [5, 5.41) is 0. The van der Waals surface area contributed by atoms with Crippen LogP contribution >= 0.6 is 0 Å². The lowest BCUT2D eigenvalue weighted by Crippen LogP contribution is -2.39. The lowest BCUT2D eigenvalue weighted by Gasteiger charge is -2.34. The molecule has 0 saturated heterocycles. The van der Waals surface area contributed by atoms with Crippen molar-refractivity contribution in [2.45, 2.75) is 45.2 Å². The molecule has 0 unspecified atom stereocenters. The lowest BCUT2D eigenvalue weighted by molar-refractivity contribution is 0.0567. The first kappa shape index (κ1) is 17.4. The number of ketones is 1. The van der Waals surface area contributed by atoms with Crippen LogP contribution in [0.4, 0.5) is 4.39 Å². The summed E-state index contributed by atoms with van der Waals surface area (Å²) in [5.74, 6) is 0.943. The molecule has 0 radical (unpaired) electrons. The van der Waals surface area contributed by atoms with Gasteiger partial charge in [0.25, 0.3) is 0 Å². The minimum Gasteiger partial charge on any atom is -0.478 e. The van der Waals surface area contributed by atoms with Gasteiger partial charge in [-0.1, -0.05) is 31.0 Å². The van der Waals surface area contributed by atoms with Crippen molar-refractivity contribution in [1.82, 2.24) is 4.90 Å². The van der Waals surface area contributed by atoms with E-state index in [4.69, 9.17) is 9.47 Å². The molecule has 1 aliphatic carbocycles. The van der Waals surface area contributed by atoms with Gasteiger partial charge < -0.3 is 9.47 Å². The number of carbonyl (C=O) groups excluding carboxylic acids is 1. The normalized spacial score (nSPS) is 20.8. The molecule has 2 aromatic rings. The zero-order valence-electron chi connectivity index (χ0n) is 15.8. The highest BCUT2D eigenvalue weighted by molar-refractivity contribution is 6.15. The minimum absolute atomic E-state index is 0.162. The molecule has 2 aromatic carbocycles. The Morgan fingerprint density at radius 1 is 1.21 bits per heavy atom. The first-order valence-corrected chi connectivity index (χ1v) is 9.84. The van der Waals surface area contributed by atoms with Crippen LogP contribution in [0, 0.1) is 12.7 Å². The Hall–Kier alpha value is -2.66. The molecule has 5 heteroatoms. The molecule has 0 N–H and O–H groups in total. The van der Waals surface area contributed by atoms with Crippen molar-refractivity contribution in [3.63, 3.8) is 0 Å². The number of aryl methyl sites for hydroxylation is 1. The van der Waals surface area contributed by atoms with Crippen LogP contribution in [0.2, 0.25) is 0 Å². The fourth-order valence-electron chi connectivity index (χ4n) is 4.48. The second kappa shape index (κ2) is 6.74. The number of halogens is 1. The monoisotopic (exact) mass is 379 g/mol. The van der Waals surface area contributed by atoms with Gasteiger partial charge in [0.2, 0.25) is 5.78 Å². The van der Waals surface area contributed by atoms with Crippen molar-refractivity contribution >= 4 is 11.9 Å². The van der Waals surface area contributed by atoms with Gasteiger partial charge in [-0.25, -0.2) is 4.39 Å². The van der Waals surface area contributed by atoms with Crippen LogP contribution in [0.3, 0.4) is 0 Å². The van der Waals surface area contributed by atoms with Gasteiger partial charge in [0.1, 0.15) is 24.0 Å². The number of allylic oxidation sites excluding steroid dienone is 1. The van der Waals surface area contributed by atoms with Gasteiger partial charge in [0.05, 0.1) is 11.1 Å². The summed E-state index contributed by atoms with van der Waals surface area (Å²) < 4.78 is 26.1. The smallest absolute Gasteiger partial charge is 0.232 e. The number of hydrogen-bond donors (Lipinski definition) is 0. The van der Waals surface area contributed by atoms with E-state index in [0.29, 0.717) is 36.2 Å². The topological polar surface area (TPSA) is 38.8 Å². The molecule has 0 atom stereocenters. The minimum atomic E-state index is -0.378. The van der Waals surface area contributed by atoms with E-state index in [2.05, 4.69) is 4.90 Å². The predicted molar refractivity (Wildman–Crippen MR) is 104 cm³/mol. The first-order chi connectivity index (χ1) is 13.6. The molecule has 1 fully saturated rings. The van der Waals surface area contributed by atoms with Crippen molar-refractivity contribution in [2.24, 2.45) is 0 Å². The number of Topliss-reactive ketones (excluding diaryl/α,β-unsaturated/α-hetero) is 1. The molecule has 0 amide bonds. The molecule has 0 spiro atoms. The van der Waals surface area contributed by atoms with Gasteiger partial charge in [-0.05, 0) is 43.5 Å². The zero-order valence-corrected chi connectivity index (χ0v) is 15.8. The Morgan fingerprint density at radius 2 is 2.00 bits per heavy atom. The molecule has 2 aliphatic heterocycles. The molecular formula is C23H22FNO3. The van der Waals surface area contributed by atoms with Crippen LogP contribution in [0.1, 0.15) is 52.7 Å². The van der Waals surface area contributed by atoms with Crippen molar-refractivity contribution in [1.29, 1.82) is 0 Å². The maximum Gasteiger partial charge on any atom is 0.232 e. The van der Waals surface area contributed by atoms with Gasteiger partial charge in [-0.2, -0.15) is 0 Å². The summed E-state index contributed by atoms with van der Waals surface area (Å²) >= 11 is 0. The number of ether oxygens (including phenoxy) is 2. The van der Waals surface area contributed by atoms with E-state index in [-0.39, 0.29) is 17.4 Å². The van der Waals surface area contributed by atoms with Crippen LogP contribution in [0.25, 0.3) is 6.08 Å². The van der Waals surface area contributed by atoms with Crippen molar-refractivity contribution < 1.29 is 18.7 Å². The zero-order chi connectivity index (χ0) is 19.3. The van der Waals surface area contributed by atoms with E-state index < -0.39 is 0 Å². The molecule has 4 nitrogen and oxygen atoms in total. The Balaban J connectivity index is 1.53. The number of fused-ring (bicyclic) bond motifs is 3. The van der Waals surface area contributed by atoms with E-state index in [9.17, 15) is 9.18 Å². The van der Waals surface area contributed by atoms with Gasteiger partial charge in [-0.15, -0.1) is 0 Å². The van der Waals surface area contributed by atoms with E-state index in [1.54, 1.807) is 18.2 Å². The number of hydrogen-bond acceptors (Lipinski definition) is 4. The molecular weight excluding hydrogens is 357 g/mol. The van der Waals surface area contributed by atoms with Crippen LogP contribution in [0.5, 0.6) is 11.5 Å². The molecule has 5 rings (SSSR count). The van der Waals surface area contributed by atoms with E-state index in [0.717, 1.165) is 16.9 Å². The quantitative estimate of drug-likeness (QED) is 0.700. The van der Waals surface area contributed by atoms with Gasteiger partial charge in [-0.3, -0.25) is 9.69 Å². The van der Waals surface area contributed by atoms with Crippen molar-refractivity contribution in [3.05, 3.63) is 64.2 Å². The second-order valence-corrected chi connectivity index (χ2v) is 7.79. The van der Waals surface area contributed by atoms with Crippen LogP contribution in [-0.2, 0) is 6.54 Å². The van der Waals surface area contributed by atoms with E-state index in [1.807, 2.05) is 13.0 Å². The fourth-order valence-corrected chi connectivity index (χ4v) is 4.48. The number of benzene rings is 2. The third-order valence-electron chi connectivity index (χ3n) is 5.98. The molecule has 0 aromatic heterocycles. The lowest BCUT2D eigenvalue weighted by atomic mass is 9.98. The number of carbonyl (C=O) groups is 1. The van der Waals surface area contributed by atoms with Crippen molar-refractivity contribution in [2.75, 3.05) is 6.73 Å². The average Bonchev–Trinajstić information content (AvgIpc) is 3.33. The molecule has 0 bridgehead atoms. The molecule has 28 heavy (non-hydrogen) atoms. The molecule has 1 saturated carbocycles. The first-order valence-electron chi connectivity index (χ1n) is 9.84. The average molecular weight is 379 g/mol. The number of rotatable bonds is 2. The van der Waals surface area contributed by atoms with Gasteiger partial charge >= 0.3 is 0 Å². The summed E-state index contributed by atoms with van der Waals surface area (Å²) in [5.41, 5.74) is 2.65. The van der Waals surface area contributed by atoms with Crippen LogP contribution < -0.4 is 9.47 Å². The largest absolute Gasteiger partial charge is 0.478 e. The highest BCUT2D eigenvalue weighted by Gasteiger charge is 2.37. The summed E-state index contributed by atoms with van der Waals surface area (Å²) in [6.07, 6.45) is 6.37. The second-order valence-electron chi connectivity index (χ2n) is 7.79. The Morgan fingerprint density at radius 3 is 2.79 bits per heavy atom. The molecule has 2 heterocycles. The Labute approximate surface area is 163 Å². The summed E-state index contributed by atoms with van der Waals surface area (Å²) in [4.78, 5) is 15.3.